The van der Waals surface area contributed by atoms with E-state index in [1.54, 1.807) is 25.3 Å². The van der Waals surface area contributed by atoms with Crippen molar-refractivity contribution in [3.05, 3.63) is 34.5 Å². The minimum atomic E-state index is -1.15. The van der Waals surface area contributed by atoms with Crippen LogP contribution in [-0.2, 0) is 0 Å². The third-order valence-electron chi connectivity index (χ3n) is 2.45. The number of aromatic amines is 1. The summed E-state index contributed by atoms with van der Waals surface area (Å²) in [7, 11) is 0. The Bertz CT molecular complexity index is 601. The lowest BCUT2D eigenvalue weighted by Gasteiger charge is -2.13. The van der Waals surface area contributed by atoms with Gasteiger partial charge in [-0.1, -0.05) is 6.92 Å². The van der Waals surface area contributed by atoms with Crippen molar-refractivity contribution in [2.45, 2.75) is 19.4 Å². The zero-order chi connectivity index (χ0) is 12.4. The van der Waals surface area contributed by atoms with Gasteiger partial charge in [-0.2, -0.15) is 5.10 Å². The first kappa shape index (κ1) is 11.2. The Kier molecular flexibility index (Phi) is 2.82. The van der Waals surface area contributed by atoms with Crippen LogP contribution in [0, 0.1) is 0 Å². The molecule has 1 unspecified atom stereocenters. The fraction of sp³-hybridized carbons (Fsp3) is 0.300. The average molecular weight is 236 g/mol. The molecule has 2 rings (SSSR count). The number of hydrogen-bond acceptors (Lipinski definition) is 3. The molecule has 0 saturated carbocycles. The molecule has 2 heterocycles. The highest BCUT2D eigenvalue weighted by Crippen LogP contribution is 2.10. The maximum atomic E-state index is 11.7. The van der Waals surface area contributed by atoms with Gasteiger partial charge in [-0.05, 0) is 18.6 Å². The molecular weight excluding hydrogens is 224 g/mol. The van der Waals surface area contributed by atoms with Crippen LogP contribution >= 0.6 is 0 Å². The number of carboxylic acid groups (broad SMARTS) is 1. The van der Waals surface area contributed by atoms with Crippen LogP contribution in [-0.4, -0.2) is 25.8 Å². The van der Waals surface area contributed by atoms with E-state index in [0.29, 0.717) is 17.8 Å². The zero-order valence-electron chi connectivity index (χ0n) is 9.17. The molecule has 7 nitrogen and oxygen atoms in total. The van der Waals surface area contributed by atoms with E-state index >= 15 is 0 Å². The third-order valence-corrected chi connectivity index (χ3v) is 2.45. The Labute approximate surface area is 96.1 Å². The number of nitrogens with zero attached hydrogens (tertiary/aromatic N) is 2. The molecule has 0 aromatic carbocycles. The predicted octanol–water partition coefficient (Wildman–Crippen LogP) is 0.741. The van der Waals surface area contributed by atoms with Crippen LogP contribution in [0.5, 0.6) is 0 Å². The van der Waals surface area contributed by atoms with E-state index < -0.39 is 12.1 Å². The van der Waals surface area contributed by atoms with E-state index in [1.165, 1.54) is 4.52 Å². The number of carbonyl (C=O) groups is 1. The molecule has 1 atom stereocenters. The monoisotopic (exact) mass is 236 g/mol. The minimum Gasteiger partial charge on any atom is -0.465 e. The van der Waals surface area contributed by atoms with Gasteiger partial charge in [0.05, 0.1) is 6.04 Å². The van der Waals surface area contributed by atoms with Gasteiger partial charge in [0.1, 0.15) is 5.52 Å². The van der Waals surface area contributed by atoms with Crippen molar-refractivity contribution in [1.82, 2.24) is 19.9 Å². The molecule has 0 aliphatic rings. The molecule has 17 heavy (non-hydrogen) atoms. The van der Waals surface area contributed by atoms with Gasteiger partial charge >= 0.3 is 6.09 Å². The van der Waals surface area contributed by atoms with Gasteiger partial charge in [-0.15, -0.1) is 0 Å². The summed E-state index contributed by atoms with van der Waals surface area (Å²) in [5.41, 5.74) is 0.143. The lowest BCUT2D eigenvalue weighted by molar-refractivity contribution is 0.188. The molecule has 0 aliphatic carbocycles. The Morgan fingerprint density at radius 1 is 1.71 bits per heavy atom. The topological polar surface area (TPSA) is 99.5 Å². The fourth-order valence-electron chi connectivity index (χ4n) is 1.63. The molecule has 7 heteroatoms. The first-order valence-electron chi connectivity index (χ1n) is 5.19. The van der Waals surface area contributed by atoms with Crippen LogP contribution in [0.25, 0.3) is 5.52 Å². The summed E-state index contributed by atoms with van der Waals surface area (Å²) < 4.78 is 1.43. The Balaban J connectivity index is 2.46. The van der Waals surface area contributed by atoms with Crippen LogP contribution < -0.4 is 10.9 Å². The van der Waals surface area contributed by atoms with E-state index in [9.17, 15) is 9.59 Å². The van der Waals surface area contributed by atoms with Crippen molar-refractivity contribution < 1.29 is 9.90 Å². The molecule has 2 aromatic rings. The number of amides is 1. The van der Waals surface area contributed by atoms with E-state index in [2.05, 4.69) is 15.4 Å². The summed E-state index contributed by atoms with van der Waals surface area (Å²) >= 11 is 0. The van der Waals surface area contributed by atoms with Crippen LogP contribution in [0.4, 0.5) is 4.79 Å². The molecule has 1 amide bonds. The first-order chi connectivity index (χ1) is 8.11. The van der Waals surface area contributed by atoms with Gasteiger partial charge in [0.15, 0.2) is 5.82 Å². The number of aromatic nitrogens is 3. The lowest BCUT2D eigenvalue weighted by Crippen LogP contribution is -2.30. The van der Waals surface area contributed by atoms with E-state index in [1.807, 2.05) is 0 Å². The summed E-state index contributed by atoms with van der Waals surface area (Å²) in [6, 6.07) is 2.82. The smallest absolute Gasteiger partial charge is 0.405 e. The molecule has 0 spiro atoms. The van der Waals surface area contributed by atoms with Crippen molar-refractivity contribution in [2.24, 2.45) is 0 Å². The molecule has 0 aliphatic heterocycles. The van der Waals surface area contributed by atoms with Gasteiger partial charge in [-0.25, -0.2) is 9.31 Å². The number of fused-ring (bicyclic) bond motifs is 1. The summed E-state index contributed by atoms with van der Waals surface area (Å²) in [5.74, 6) is 0.309. The minimum absolute atomic E-state index is 0.286. The molecule has 90 valence electrons. The quantitative estimate of drug-likeness (QED) is 0.731. The van der Waals surface area contributed by atoms with Gasteiger partial charge in [0.25, 0.3) is 5.56 Å². The van der Waals surface area contributed by atoms with E-state index in [0.717, 1.165) is 0 Å². The summed E-state index contributed by atoms with van der Waals surface area (Å²) in [5, 5.41) is 15.1. The van der Waals surface area contributed by atoms with Crippen LogP contribution in [0.1, 0.15) is 25.2 Å². The van der Waals surface area contributed by atoms with E-state index in [4.69, 9.17) is 5.11 Å². The molecule has 0 bridgehead atoms. The van der Waals surface area contributed by atoms with Crippen LogP contribution in [0.2, 0.25) is 0 Å². The lowest BCUT2D eigenvalue weighted by atomic mass is 10.2. The Morgan fingerprint density at radius 2 is 2.47 bits per heavy atom. The second kappa shape index (κ2) is 4.28. The van der Waals surface area contributed by atoms with Crippen molar-refractivity contribution in [2.75, 3.05) is 0 Å². The highest BCUT2D eigenvalue weighted by molar-refractivity contribution is 5.65. The second-order valence-corrected chi connectivity index (χ2v) is 3.59. The molecule has 3 N–H and O–H groups in total. The molecule has 0 radical (unpaired) electrons. The number of rotatable bonds is 3. The van der Waals surface area contributed by atoms with Gasteiger partial charge < -0.3 is 15.4 Å². The van der Waals surface area contributed by atoms with Crippen molar-refractivity contribution in [3.63, 3.8) is 0 Å². The number of nitrogens with one attached hydrogen (secondary N) is 2. The van der Waals surface area contributed by atoms with Gasteiger partial charge in [0, 0.05) is 6.20 Å². The standard InChI is InChI=1S/C10H12N4O3/c1-2-6(11-10(16)17)8-12-9(15)7-4-3-5-14(7)13-8/h3-6,11H,2H2,1H3,(H,16,17)(H,12,13,15). The van der Waals surface area contributed by atoms with E-state index in [-0.39, 0.29) is 5.56 Å². The number of H-pyrrole nitrogens is 1. The van der Waals surface area contributed by atoms with Gasteiger partial charge in [0.2, 0.25) is 0 Å². The Hall–Kier alpha value is -2.31. The van der Waals surface area contributed by atoms with Crippen molar-refractivity contribution >= 4 is 11.6 Å². The molecule has 0 saturated heterocycles. The summed E-state index contributed by atoms with van der Waals surface area (Å²) in [6.45, 7) is 1.81. The molecule has 2 aromatic heterocycles. The summed E-state index contributed by atoms with van der Waals surface area (Å²) in [4.78, 5) is 24.9. The highest BCUT2D eigenvalue weighted by atomic mass is 16.4. The largest absolute Gasteiger partial charge is 0.465 e. The van der Waals surface area contributed by atoms with Gasteiger partial charge in [-0.3, -0.25) is 4.79 Å². The van der Waals surface area contributed by atoms with Crippen molar-refractivity contribution in [3.8, 4) is 0 Å². The second-order valence-electron chi connectivity index (χ2n) is 3.59. The average Bonchev–Trinajstić information content (AvgIpc) is 2.74. The van der Waals surface area contributed by atoms with Crippen LogP contribution in [0.15, 0.2) is 23.1 Å². The van der Waals surface area contributed by atoms with Crippen LogP contribution in [0.3, 0.4) is 0 Å². The molecule has 0 fully saturated rings. The number of hydrogen-bond donors (Lipinski definition) is 3. The maximum absolute atomic E-state index is 11.7. The third kappa shape index (κ3) is 2.12. The summed E-state index contributed by atoms with van der Waals surface area (Å²) in [6.07, 6.45) is 0.996. The fourth-order valence-corrected chi connectivity index (χ4v) is 1.63. The SMILES string of the molecule is CCC(NC(=O)O)c1nn2cccc2c(=O)[nH]1. The zero-order valence-corrected chi connectivity index (χ0v) is 9.17. The highest BCUT2D eigenvalue weighted by Gasteiger charge is 2.15. The predicted molar refractivity (Wildman–Crippen MR) is 60.0 cm³/mol. The first-order valence-corrected chi connectivity index (χ1v) is 5.19. The molecular formula is C10H12N4O3. The normalized spacial score (nSPS) is 12.5. The maximum Gasteiger partial charge on any atom is 0.405 e. The Morgan fingerprint density at radius 3 is 3.12 bits per heavy atom. The van der Waals surface area contributed by atoms with Crippen molar-refractivity contribution in [1.29, 1.82) is 0 Å².